The molecule has 16 nitrogen and oxygen atoms in total. The Morgan fingerprint density at radius 1 is 0.782 bits per heavy atom. The molecule has 0 amide bonds. The van der Waals surface area contributed by atoms with E-state index < -0.39 is 116 Å². The van der Waals surface area contributed by atoms with Crippen LogP contribution in [0.25, 0.3) is 0 Å². The van der Waals surface area contributed by atoms with Gasteiger partial charge in [-0.05, 0) is 88.4 Å². The maximum absolute atomic E-state index is 12.6. The van der Waals surface area contributed by atoms with Crippen molar-refractivity contribution in [2.45, 2.75) is 189 Å². The summed E-state index contributed by atoms with van der Waals surface area (Å²) in [4.78, 5) is 0. The minimum absolute atomic E-state index is 0.00812. The lowest BCUT2D eigenvalue weighted by molar-refractivity contribution is -0.352. The number of aliphatic hydroxyl groups is 10. The zero-order valence-corrected chi connectivity index (χ0v) is 32.2. The SMILES string of the molecule is C[C@H](O[C@H]1C[C@H](O[C@@H]2O[C@H](CO[C@@H]3O[C@H](CO)[C@@H](O)[C@H](O)[C@H]3O)[C@@H](O)[C@H](O)[C@H]2O)[C@H](O)[C@@H](C)O1)[C@@]1(O)CC[C@H]2[C@@H]3CC=C4C[C@@H](O)CC[C@]4(C)[C@H]3CC[C@@]21C. The van der Waals surface area contributed by atoms with Gasteiger partial charge < -0.3 is 79.5 Å². The molecule has 55 heavy (non-hydrogen) atoms. The first-order valence-corrected chi connectivity index (χ1v) is 20.3. The largest absolute Gasteiger partial charge is 0.394 e. The number of hydrogen-bond donors (Lipinski definition) is 10. The van der Waals surface area contributed by atoms with Crippen LogP contribution >= 0.6 is 0 Å². The molecule has 4 aliphatic carbocycles. The third-order valence-electron chi connectivity index (χ3n) is 15.2. The zero-order valence-electron chi connectivity index (χ0n) is 32.2. The van der Waals surface area contributed by atoms with Crippen molar-refractivity contribution in [3.05, 3.63) is 11.6 Å². The first-order chi connectivity index (χ1) is 25.9. The maximum Gasteiger partial charge on any atom is 0.187 e. The Morgan fingerprint density at radius 2 is 1.44 bits per heavy atom. The molecule has 3 aliphatic heterocycles. The second kappa shape index (κ2) is 15.9. The van der Waals surface area contributed by atoms with E-state index in [1.165, 1.54) is 5.57 Å². The van der Waals surface area contributed by atoms with Crippen molar-refractivity contribution in [3.63, 3.8) is 0 Å². The van der Waals surface area contributed by atoms with Crippen LogP contribution in [0.1, 0.15) is 85.5 Å². The number of hydrogen-bond acceptors (Lipinski definition) is 16. The average molecular weight is 789 g/mol. The lowest BCUT2D eigenvalue weighted by Crippen LogP contribution is -2.63. The number of fused-ring (bicyclic) bond motifs is 5. The Morgan fingerprint density at radius 3 is 2.15 bits per heavy atom. The van der Waals surface area contributed by atoms with E-state index in [0.717, 1.165) is 44.9 Å². The van der Waals surface area contributed by atoms with Crippen molar-refractivity contribution in [1.82, 2.24) is 0 Å². The molecule has 0 aromatic carbocycles. The molecule has 7 aliphatic rings. The van der Waals surface area contributed by atoms with Crippen LogP contribution in [0.4, 0.5) is 0 Å². The highest BCUT2D eigenvalue weighted by atomic mass is 16.7. The second-order valence-electron chi connectivity index (χ2n) is 18.1. The van der Waals surface area contributed by atoms with Gasteiger partial charge in [0.15, 0.2) is 18.9 Å². The lowest BCUT2D eigenvalue weighted by Gasteiger charge is -2.59. The van der Waals surface area contributed by atoms with Gasteiger partial charge in [-0.2, -0.15) is 0 Å². The Labute approximate surface area is 322 Å². The van der Waals surface area contributed by atoms with Crippen LogP contribution in [0.15, 0.2) is 11.6 Å². The van der Waals surface area contributed by atoms with Crippen molar-refractivity contribution in [1.29, 1.82) is 0 Å². The van der Waals surface area contributed by atoms with E-state index in [1.54, 1.807) is 6.92 Å². The van der Waals surface area contributed by atoms with Crippen molar-refractivity contribution in [3.8, 4) is 0 Å². The molecular formula is C39H64O16. The van der Waals surface area contributed by atoms with E-state index in [0.29, 0.717) is 24.2 Å². The van der Waals surface area contributed by atoms with Crippen LogP contribution in [0.3, 0.4) is 0 Å². The second-order valence-corrected chi connectivity index (χ2v) is 18.1. The molecule has 10 N–H and O–H groups in total. The van der Waals surface area contributed by atoms with Gasteiger partial charge in [-0.15, -0.1) is 0 Å². The molecule has 3 saturated carbocycles. The van der Waals surface area contributed by atoms with Gasteiger partial charge >= 0.3 is 0 Å². The van der Waals surface area contributed by atoms with Gasteiger partial charge in [-0.25, -0.2) is 0 Å². The molecule has 3 saturated heterocycles. The fourth-order valence-corrected chi connectivity index (χ4v) is 11.7. The van der Waals surface area contributed by atoms with Gasteiger partial charge in [0, 0.05) is 11.8 Å². The summed E-state index contributed by atoms with van der Waals surface area (Å²) < 4.78 is 35.3. The molecule has 0 aromatic rings. The fraction of sp³-hybridized carbons (Fsp3) is 0.949. The summed E-state index contributed by atoms with van der Waals surface area (Å²) in [5.41, 5.74) is -0.0673. The van der Waals surface area contributed by atoms with Crippen LogP contribution in [0.2, 0.25) is 0 Å². The van der Waals surface area contributed by atoms with Crippen molar-refractivity contribution in [2.24, 2.45) is 28.6 Å². The maximum atomic E-state index is 12.6. The zero-order chi connectivity index (χ0) is 39.8. The summed E-state index contributed by atoms with van der Waals surface area (Å²) in [6.07, 6.45) is -11.5. The van der Waals surface area contributed by atoms with Crippen LogP contribution in [-0.2, 0) is 28.4 Å². The summed E-state index contributed by atoms with van der Waals surface area (Å²) in [7, 11) is 0. The Kier molecular flexibility index (Phi) is 12.2. The lowest BCUT2D eigenvalue weighted by atomic mass is 9.46. The molecule has 0 radical (unpaired) electrons. The third kappa shape index (κ3) is 7.27. The van der Waals surface area contributed by atoms with Gasteiger partial charge in [0.2, 0.25) is 0 Å². The molecule has 7 rings (SSSR count). The summed E-state index contributed by atoms with van der Waals surface area (Å²) >= 11 is 0. The summed E-state index contributed by atoms with van der Waals surface area (Å²) in [6.45, 7) is 6.89. The minimum Gasteiger partial charge on any atom is -0.394 e. The van der Waals surface area contributed by atoms with Gasteiger partial charge in [0.25, 0.3) is 0 Å². The Hall–Kier alpha value is -0.900. The Bertz CT molecular complexity index is 1370. The molecule has 16 heteroatoms. The average Bonchev–Trinajstić information content (AvgIpc) is 3.44. The van der Waals surface area contributed by atoms with E-state index >= 15 is 0 Å². The van der Waals surface area contributed by atoms with Crippen LogP contribution < -0.4 is 0 Å². The molecule has 316 valence electrons. The molecule has 0 bridgehead atoms. The van der Waals surface area contributed by atoms with E-state index in [9.17, 15) is 51.1 Å². The van der Waals surface area contributed by atoms with E-state index in [-0.39, 0.29) is 17.9 Å². The molecular weight excluding hydrogens is 724 g/mol. The number of aliphatic hydroxyl groups excluding tert-OH is 9. The van der Waals surface area contributed by atoms with Gasteiger partial charge in [0.1, 0.15) is 54.9 Å². The highest BCUT2D eigenvalue weighted by molar-refractivity contribution is 5.26. The van der Waals surface area contributed by atoms with Crippen molar-refractivity contribution in [2.75, 3.05) is 13.2 Å². The minimum atomic E-state index is -1.76. The topological polar surface area (TPSA) is 258 Å². The van der Waals surface area contributed by atoms with Crippen LogP contribution in [0.5, 0.6) is 0 Å². The highest BCUT2D eigenvalue weighted by Gasteiger charge is 2.66. The predicted molar refractivity (Wildman–Crippen MR) is 189 cm³/mol. The molecule has 0 aromatic heterocycles. The first kappa shape index (κ1) is 42.2. The van der Waals surface area contributed by atoms with Crippen molar-refractivity contribution < 1.29 is 79.5 Å². The van der Waals surface area contributed by atoms with Crippen LogP contribution in [0, 0.1) is 28.6 Å². The molecule has 22 atom stereocenters. The molecule has 3 heterocycles. The van der Waals surface area contributed by atoms with E-state index in [2.05, 4.69) is 19.9 Å². The number of ether oxygens (including phenoxy) is 6. The van der Waals surface area contributed by atoms with Crippen molar-refractivity contribution >= 4 is 0 Å². The van der Waals surface area contributed by atoms with E-state index in [1.807, 2.05) is 6.92 Å². The fourth-order valence-electron chi connectivity index (χ4n) is 11.7. The highest BCUT2D eigenvalue weighted by Crippen LogP contribution is 2.68. The van der Waals surface area contributed by atoms with Gasteiger partial charge in [0.05, 0.1) is 43.2 Å². The number of allylic oxidation sites excluding steroid dienone is 1. The monoisotopic (exact) mass is 788 g/mol. The normalized spacial score (nSPS) is 54.8. The first-order valence-electron chi connectivity index (χ1n) is 20.3. The molecule has 0 spiro atoms. The Balaban J connectivity index is 0.989. The predicted octanol–water partition coefficient (Wildman–Crippen LogP) is -1.05. The molecule has 6 fully saturated rings. The quantitative estimate of drug-likeness (QED) is 0.125. The standard InChI is InChI=1S/C39H64O16/c1-17-28(42)24(53-36-34(48)32(46)30(44)26(55-36)16-50-35-33(47)31(45)29(43)25(15-40)54-35)14-27(51-17)52-18(2)39(49)12-9-23-21-6-5-19-13-20(41)7-10-37(19,3)22(21)8-11-38(23,39)4/h5,17-18,20-36,40-49H,6-16H2,1-4H3/t17-,18+,20+,21-,22+,23+,24+,25-,26-,27+,28-,29-,30-,31+,32+,33-,34-,35-,36-,37+,38+,39+/m1/s1. The van der Waals surface area contributed by atoms with Crippen LogP contribution in [-0.4, -0.2) is 168 Å². The van der Waals surface area contributed by atoms with Gasteiger partial charge in [-0.3, -0.25) is 0 Å². The summed E-state index contributed by atoms with van der Waals surface area (Å²) in [6, 6.07) is 0. The smallest absolute Gasteiger partial charge is 0.187 e. The summed E-state index contributed by atoms with van der Waals surface area (Å²) in [5, 5.41) is 106. The van der Waals surface area contributed by atoms with Gasteiger partial charge in [-0.1, -0.05) is 25.5 Å². The van der Waals surface area contributed by atoms with E-state index in [4.69, 9.17) is 28.4 Å². The third-order valence-corrected chi connectivity index (χ3v) is 15.2. The molecule has 0 unspecified atom stereocenters. The number of rotatable bonds is 9. The summed E-state index contributed by atoms with van der Waals surface area (Å²) in [5.74, 6) is 1.25.